The monoisotopic (exact) mass is 487 g/mol. The van der Waals surface area contributed by atoms with Gasteiger partial charge in [0.2, 0.25) is 10.0 Å². The molecule has 0 radical (unpaired) electrons. The molecule has 1 aromatic rings. The number of amidine groups is 1. The number of nitrogens with zero attached hydrogens (tertiary/aromatic N) is 2. The van der Waals surface area contributed by atoms with Crippen LogP contribution in [0, 0.1) is 13.8 Å². The zero-order chi connectivity index (χ0) is 25.1. The van der Waals surface area contributed by atoms with E-state index in [0.717, 1.165) is 48.2 Å². The number of piperidine rings is 1. The molecule has 0 saturated carbocycles. The molecule has 2 heterocycles. The molecule has 1 saturated heterocycles. The Morgan fingerprint density at radius 3 is 2.29 bits per heavy atom. The molecule has 2 aliphatic rings. The Bertz CT molecular complexity index is 1040. The number of allylic oxidation sites excluding steroid dienone is 1. The minimum absolute atomic E-state index is 0.0599. The summed E-state index contributed by atoms with van der Waals surface area (Å²) < 4.78 is 27.8. The third-order valence-corrected chi connectivity index (χ3v) is 9.09. The van der Waals surface area contributed by atoms with Crippen LogP contribution in [0.2, 0.25) is 0 Å². The van der Waals surface area contributed by atoms with Gasteiger partial charge in [-0.3, -0.25) is 9.79 Å². The number of carbonyl (C=O) groups is 1. The van der Waals surface area contributed by atoms with Gasteiger partial charge in [0.05, 0.1) is 5.75 Å². The van der Waals surface area contributed by atoms with Gasteiger partial charge in [-0.2, -0.15) is 0 Å². The molecule has 188 valence electrons. The van der Waals surface area contributed by atoms with E-state index in [-0.39, 0.29) is 17.1 Å². The predicted octanol–water partition coefficient (Wildman–Crippen LogP) is 4.58. The number of benzene rings is 1. The highest BCUT2D eigenvalue weighted by Crippen LogP contribution is 2.32. The van der Waals surface area contributed by atoms with Crippen LogP contribution in [0.1, 0.15) is 81.5 Å². The van der Waals surface area contributed by atoms with Crippen LogP contribution in [-0.2, 0) is 26.7 Å². The van der Waals surface area contributed by atoms with Gasteiger partial charge in [-0.25, -0.2) is 12.7 Å². The fourth-order valence-corrected chi connectivity index (χ4v) is 6.40. The minimum Gasteiger partial charge on any atom is -0.312 e. The molecule has 7 heteroatoms. The van der Waals surface area contributed by atoms with E-state index in [1.165, 1.54) is 5.56 Å². The van der Waals surface area contributed by atoms with Crippen molar-refractivity contribution in [2.24, 2.45) is 4.99 Å². The fraction of sp³-hybridized carbons (Fsp3) is 0.630. The van der Waals surface area contributed by atoms with E-state index in [2.05, 4.69) is 58.6 Å². The largest absolute Gasteiger partial charge is 0.312 e. The van der Waals surface area contributed by atoms with E-state index in [9.17, 15) is 13.2 Å². The second kappa shape index (κ2) is 10.3. The van der Waals surface area contributed by atoms with Crippen LogP contribution in [-0.4, -0.2) is 48.8 Å². The van der Waals surface area contributed by atoms with Crippen molar-refractivity contribution in [1.82, 2.24) is 9.62 Å². The lowest BCUT2D eigenvalue weighted by Crippen LogP contribution is -2.50. The van der Waals surface area contributed by atoms with Gasteiger partial charge in [0, 0.05) is 19.5 Å². The molecule has 1 spiro atoms. The molecule has 0 aromatic heterocycles. The highest BCUT2D eigenvalue weighted by molar-refractivity contribution is 7.89. The summed E-state index contributed by atoms with van der Waals surface area (Å²) in [5.41, 5.74) is 3.95. The number of nitrogens with one attached hydrogen (secondary N) is 1. The van der Waals surface area contributed by atoms with Crippen molar-refractivity contribution >= 4 is 21.8 Å². The van der Waals surface area contributed by atoms with Crippen molar-refractivity contribution in [3.05, 3.63) is 47.0 Å². The molecule has 1 amide bonds. The summed E-state index contributed by atoms with van der Waals surface area (Å²) in [5, 5.41) is 2.94. The summed E-state index contributed by atoms with van der Waals surface area (Å²) in [7, 11) is -3.41. The molecule has 0 bridgehead atoms. The van der Waals surface area contributed by atoms with Gasteiger partial charge in [-0.05, 0) is 80.0 Å². The van der Waals surface area contributed by atoms with Crippen LogP contribution in [0.3, 0.4) is 0 Å². The summed E-state index contributed by atoms with van der Waals surface area (Å²) in [4.78, 5) is 17.4. The van der Waals surface area contributed by atoms with E-state index >= 15 is 0 Å². The van der Waals surface area contributed by atoms with Gasteiger partial charge in [0.1, 0.15) is 11.4 Å². The average Bonchev–Trinajstić information content (AvgIpc) is 3.04. The highest BCUT2D eigenvalue weighted by atomic mass is 32.2. The maximum atomic E-state index is 13.1. The molecule has 0 unspecified atom stereocenters. The topological polar surface area (TPSA) is 78.8 Å². The Morgan fingerprint density at radius 1 is 1.12 bits per heavy atom. The SMILES string of the molecule is C=CCCCCC1=NC2(CCN(S(=O)(=O)CCc3c(C)cc(C(C)(C)C)cc3C)CC2)C(=O)N1. The maximum absolute atomic E-state index is 13.1. The highest BCUT2D eigenvalue weighted by Gasteiger charge is 2.47. The molecule has 1 aromatic carbocycles. The van der Waals surface area contributed by atoms with Crippen molar-refractivity contribution in [1.29, 1.82) is 0 Å². The molecule has 6 nitrogen and oxygen atoms in total. The van der Waals surface area contributed by atoms with Crippen LogP contribution < -0.4 is 5.32 Å². The first-order valence-electron chi connectivity index (χ1n) is 12.5. The molecule has 2 aliphatic heterocycles. The summed E-state index contributed by atoms with van der Waals surface area (Å²) in [6.07, 6.45) is 6.95. The zero-order valence-corrected chi connectivity index (χ0v) is 22.4. The molecule has 0 atom stereocenters. The molecule has 1 N–H and O–H groups in total. The normalized spacial score (nSPS) is 18.7. The smallest absolute Gasteiger partial charge is 0.253 e. The minimum atomic E-state index is -3.41. The van der Waals surface area contributed by atoms with Crippen LogP contribution >= 0.6 is 0 Å². The molecule has 0 aliphatic carbocycles. The standard InChI is InChI=1S/C27H41N3O3S/c1-7-8-9-10-11-24-28-25(31)27(29-24)13-15-30(16-14-27)34(32,33)17-12-23-20(2)18-22(19-21(23)3)26(4,5)6/h7,18-19H,1,8-17H2,2-6H3,(H,28,29,31). The lowest BCUT2D eigenvalue weighted by Gasteiger charge is -2.34. The van der Waals surface area contributed by atoms with E-state index in [0.29, 0.717) is 32.4 Å². The van der Waals surface area contributed by atoms with Gasteiger partial charge in [-0.1, -0.05) is 39.0 Å². The average molecular weight is 488 g/mol. The molecular formula is C27H41N3O3S. The second-order valence-corrected chi connectivity index (χ2v) is 13.0. The Labute approximate surface area is 206 Å². The van der Waals surface area contributed by atoms with Crippen LogP contribution in [0.25, 0.3) is 0 Å². The van der Waals surface area contributed by atoms with Gasteiger partial charge in [0.25, 0.3) is 5.91 Å². The summed E-state index contributed by atoms with van der Waals surface area (Å²) in [6.45, 7) is 15.1. The van der Waals surface area contributed by atoms with Gasteiger partial charge >= 0.3 is 0 Å². The first-order chi connectivity index (χ1) is 15.9. The van der Waals surface area contributed by atoms with E-state index in [1.807, 2.05) is 6.08 Å². The Balaban J connectivity index is 1.61. The van der Waals surface area contributed by atoms with Crippen molar-refractivity contribution in [3.63, 3.8) is 0 Å². The first kappa shape index (κ1) is 26.6. The summed E-state index contributed by atoms with van der Waals surface area (Å²) in [6, 6.07) is 4.37. The number of rotatable bonds is 9. The summed E-state index contributed by atoms with van der Waals surface area (Å²) in [5.74, 6) is 0.754. The fourth-order valence-electron chi connectivity index (χ4n) is 4.94. The van der Waals surface area contributed by atoms with Crippen LogP contribution in [0.4, 0.5) is 0 Å². The van der Waals surface area contributed by atoms with E-state index in [4.69, 9.17) is 4.99 Å². The third-order valence-electron chi connectivity index (χ3n) is 7.22. The van der Waals surface area contributed by atoms with Crippen molar-refractivity contribution in [2.45, 2.75) is 90.5 Å². The van der Waals surface area contributed by atoms with Gasteiger partial charge in [0.15, 0.2) is 0 Å². The van der Waals surface area contributed by atoms with Crippen molar-refractivity contribution in [2.75, 3.05) is 18.8 Å². The number of carbonyl (C=O) groups excluding carboxylic acids is 1. The number of aryl methyl sites for hydroxylation is 2. The molecule has 34 heavy (non-hydrogen) atoms. The van der Waals surface area contributed by atoms with Crippen LogP contribution in [0.5, 0.6) is 0 Å². The molecular weight excluding hydrogens is 446 g/mol. The number of aliphatic imine (C=N–C) groups is 1. The third kappa shape index (κ3) is 5.98. The number of unbranched alkanes of at least 4 members (excludes halogenated alkanes) is 2. The van der Waals surface area contributed by atoms with Crippen LogP contribution in [0.15, 0.2) is 29.8 Å². The number of hydrogen-bond donors (Lipinski definition) is 1. The zero-order valence-electron chi connectivity index (χ0n) is 21.5. The predicted molar refractivity (Wildman–Crippen MR) is 140 cm³/mol. The van der Waals surface area contributed by atoms with E-state index < -0.39 is 15.6 Å². The number of sulfonamides is 1. The maximum Gasteiger partial charge on any atom is 0.253 e. The van der Waals surface area contributed by atoms with Crippen molar-refractivity contribution < 1.29 is 13.2 Å². The van der Waals surface area contributed by atoms with Crippen molar-refractivity contribution in [3.8, 4) is 0 Å². The number of hydrogen-bond acceptors (Lipinski definition) is 4. The molecule has 3 rings (SSSR count). The summed E-state index contributed by atoms with van der Waals surface area (Å²) >= 11 is 0. The lowest BCUT2D eigenvalue weighted by atomic mass is 9.83. The Hall–Kier alpha value is -1.99. The second-order valence-electron chi connectivity index (χ2n) is 10.9. The van der Waals surface area contributed by atoms with E-state index in [1.54, 1.807) is 4.31 Å². The first-order valence-corrected chi connectivity index (χ1v) is 14.1. The number of amides is 1. The quantitative estimate of drug-likeness (QED) is 0.409. The Morgan fingerprint density at radius 2 is 1.74 bits per heavy atom. The Kier molecular flexibility index (Phi) is 8.08. The molecule has 1 fully saturated rings. The lowest BCUT2D eigenvalue weighted by molar-refractivity contribution is -0.124. The van der Waals surface area contributed by atoms with Gasteiger partial charge < -0.3 is 5.32 Å². The van der Waals surface area contributed by atoms with Gasteiger partial charge in [-0.15, -0.1) is 6.58 Å².